The van der Waals surface area contributed by atoms with E-state index in [1.165, 1.54) is 7.11 Å². The summed E-state index contributed by atoms with van der Waals surface area (Å²) in [4.78, 5) is 16.2. The number of methoxy groups -OCH3 is 1. The van der Waals surface area contributed by atoms with Crippen molar-refractivity contribution < 1.29 is 36.9 Å². The fourth-order valence-corrected chi connectivity index (χ4v) is 3.63. The van der Waals surface area contributed by atoms with E-state index in [2.05, 4.69) is 5.32 Å². The molecule has 0 aromatic heterocycles. The summed E-state index contributed by atoms with van der Waals surface area (Å²) >= 11 is 0. The second kappa shape index (κ2) is 11.5. The predicted molar refractivity (Wildman–Crippen MR) is 117 cm³/mol. The smallest absolute Gasteiger partial charge is 0.419 e. The van der Waals surface area contributed by atoms with Crippen LogP contribution in [0.2, 0.25) is 0 Å². The molecule has 1 aliphatic rings. The molecule has 1 heterocycles. The number of aliphatic hydroxyl groups excluding tert-OH is 1. The van der Waals surface area contributed by atoms with Crippen molar-refractivity contribution >= 4 is 11.6 Å². The zero-order valence-electron chi connectivity index (χ0n) is 18.6. The van der Waals surface area contributed by atoms with Gasteiger partial charge in [-0.05, 0) is 30.3 Å². The maximum atomic E-state index is 13.4. The van der Waals surface area contributed by atoms with Crippen molar-refractivity contribution in [1.29, 1.82) is 0 Å². The number of nitrogens with one attached hydrogen (secondary N) is 1. The molecule has 2 aromatic rings. The van der Waals surface area contributed by atoms with Crippen molar-refractivity contribution in [3.8, 4) is 11.5 Å². The minimum Gasteiger partial charge on any atom is -0.493 e. The number of hydrogen-bond donors (Lipinski definition) is 2. The molecule has 3 rings (SSSR count). The van der Waals surface area contributed by atoms with Crippen LogP contribution in [0.15, 0.2) is 42.5 Å². The fourth-order valence-electron chi connectivity index (χ4n) is 3.63. The van der Waals surface area contributed by atoms with Crippen molar-refractivity contribution in [2.45, 2.75) is 12.3 Å². The van der Waals surface area contributed by atoms with Crippen LogP contribution in [0.3, 0.4) is 0 Å². The Hall–Kier alpha value is -2.89. The van der Waals surface area contributed by atoms with E-state index >= 15 is 0 Å². The van der Waals surface area contributed by atoms with Crippen molar-refractivity contribution in [3.05, 3.63) is 53.8 Å². The van der Waals surface area contributed by atoms with E-state index in [9.17, 15) is 27.5 Å². The van der Waals surface area contributed by atoms with Gasteiger partial charge in [-0.3, -0.25) is 14.6 Å². The third kappa shape index (κ3) is 7.31. The largest absolute Gasteiger partial charge is 0.493 e. The van der Waals surface area contributed by atoms with Crippen molar-refractivity contribution in [1.82, 2.24) is 9.80 Å². The van der Waals surface area contributed by atoms with Gasteiger partial charge >= 0.3 is 6.18 Å². The third-order valence-corrected chi connectivity index (χ3v) is 5.36. The molecule has 2 N–H and O–H groups in total. The first-order valence-corrected chi connectivity index (χ1v) is 10.7. The number of ether oxygens (including phenoxy) is 2. The quantitative estimate of drug-likeness (QED) is 0.533. The van der Waals surface area contributed by atoms with E-state index in [1.54, 1.807) is 12.1 Å². The van der Waals surface area contributed by atoms with Gasteiger partial charge in [0.15, 0.2) is 11.5 Å². The van der Waals surface area contributed by atoms with Crippen LogP contribution >= 0.6 is 0 Å². The second-order valence-electron chi connectivity index (χ2n) is 7.93. The third-order valence-electron chi connectivity index (χ3n) is 5.36. The number of halogens is 4. The molecule has 0 aliphatic carbocycles. The standard InChI is InChI=1S/C23H27F4N3O4/c1-33-20-4-2-3-5-21(20)34-15-17(31)13-29-8-10-30(11-9-29)14-22(32)28-16-6-7-19(24)18(12-16)23(25,26)27/h2-7,12,17,31H,8-11,13-15H2,1H3,(H,28,32). The van der Waals surface area contributed by atoms with E-state index in [1.807, 2.05) is 21.9 Å². The molecular weight excluding hydrogens is 458 g/mol. The number of aliphatic hydroxyl groups is 1. The summed E-state index contributed by atoms with van der Waals surface area (Å²) in [5, 5.41) is 12.7. The highest BCUT2D eigenvalue weighted by Gasteiger charge is 2.34. The van der Waals surface area contributed by atoms with Gasteiger partial charge < -0.3 is 19.9 Å². The molecular formula is C23H27F4N3O4. The minimum absolute atomic E-state index is 0.00790. The molecule has 0 saturated carbocycles. The maximum absolute atomic E-state index is 13.4. The number of anilines is 1. The first-order valence-electron chi connectivity index (χ1n) is 10.7. The van der Waals surface area contributed by atoms with E-state index in [-0.39, 0.29) is 18.8 Å². The molecule has 0 bridgehead atoms. The summed E-state index contributed by atoms with van der Waals surface area (Å²) in [6.07, 6.45) is -5.56. The summed E-state index contributed by atoms with van der Waals surface area (Å²) in [5.41, 5.74) is -1.54. The molecule has 1 atom stereocenters. The number of carbonyl (C=O) groups excluding carboxylic acids is 1. The number of amides is 1. The van der Waals surface area contributed by atoms with Crippen molar-refractivity contribution in [3.63, 3.8) is 0 Å². The van der Waals surface area contributed by atoms with Crippen molar-refractivity contribution in [2.75, 3.05) is 58.3 Å². The topological polar surface area (TPSA) is 74.3 Å². The van der Waals surface area contributed by atoms with Crippen molar-refractivity contribution in [2.24, 2.45) is 0 Å². The van der Waals surface area contributed by atoms with Crippen LogP contribution in [-0.4, -0.2) is 79.9 Å². The summed E-state index contributed by atoms with van der Waals surface area (Å²) < 4.78 is 62.8. The number of nitrogens with zero attached hydrogens (tertiary/aromatic N) is 2. The molecule has 34 heavy (non-hydrogen) atoms. The number of hydrogen-bond acceptors (Lipinski definition) is 6. The average molecular weight is 485 g/mol. The Morgan fingerprint density at radius 2 is 1.74 bits per heavy atom. The highest BCUT2D eigenvalue weighted by atomic mass is 19.4. The summed E-state index contributed by atoms with van der Waals surface area (Å²) in [6, 6.07) is 9.51. The SMILES string of the molecule is COc1ccccc1OCC(O)CN1CCN(CC(=O)Nc2ccc(F)c(C(F)(F)F)c2)CC1. The lowest BCUT2D eigenvalue weighted by Gasteiger charge is -2.35. The molecule has 1 unspecified atom stereocenters. The molecule has 11 heteroatoms. The zero-order valence-corrected chi connectivity index (χ0v) is 18.6. The zero-order chi connectivity index (χ0) is 24.7. The molecule has 0 radical (unpaired) electrons. The number of alkyl halides is 3. The van der Waals surface area contributed by atoms with Gasteiger partial charge in [0.25, 0.3) is 0 Å². The molecule has 7 nitrogen and oxygen atoms in total. The highest BCUT2D eigenvalue weighted by Crippen LogP contribution is 2.33. The Morgan fingerprint density at radius 3 is 2.38 bits per heavy atom. The number of para-hydroxylation sites is 2. The highest BCUT2D eigenvalue weighted by molar-refractivity contribution is 5.92. The lowest BCUT2D eigenvalue weighted by atomic mass is 10.2. The van der Waals surface area contributed by atoms with Gasteiger partial charge in [0.1, 0.15) is 18.5 Å². The second-order valence-corrected chi connectivity index (χ2v) is 7.93. The van der Waals surface area contributed by atoms with Crippen LogP contribution in [0, 0.1) is 5.82 Å². The van der Waals surface area contributed by atoms with Gasteiger partial charge in [-0.25, -0.2) is 4.39 Å². The van der Waals surface area contributed by atoms with Crippen LogP contribution in [-0.2, 0) is 11.0 Å². The Labute approximate surface area is 194 Å². The summed E-state index contributed by atoms with van der Waals surface area (Å²) in [6.45, 7) is 2.79. The van der Waals surface area contributed by atoms with Gasteiger partial charge in [-0.1, -0.05) is 12.1 Å². The number of rotatable bonds is 9. The molecule has 2 aromatic carbocycles. The molecule has 1 saturated heterocycles. The number of benzene rings is 2. The normalized spacial score (nSPS) is 16.2. The molecule has 186 valence electrons. The van der Waals surface area contributed by atoms with Gasteiger partial charge in [0.2, 0.25) is 5.91 Å². The van der Waals surface area contributed by atoms with Crippen LogP contribution in [0.5, 0.6) is 11.5 Å². The van der Waals surface area contributed by atoms with Gasteiger partial charge in [-0.2, -0.15) is 13.2 Å². The first kappa shape index (κ1) is 25.7. The Kier molecular flexibility index (Phi) is 8.70. The number of carbonyl (C=O) groups is 1. The fraction of sp³-hybridized carbons (Fsp3) is 0.435. The number of β-amino-alcohol motifs (C(OH)–C–C–N with tert-alkyl or cyclic N) is 1. The number of piperazine rings is 1. The van der Waals surface area contributed by atoms with Crippen LogP contribution in [0.25, 0.3) is 0 Å². The maximum Gasteiger partial charge on any atom is 0.419 e. The van der Waals surface area contributed by atoms with Crippen LogP contribution in [0.1, 0.15) is 5.56 Å². The van der Waals surface area contributed by atoms with Gasteiger partial charge in [0.05, 0.1) is 19.2 Å². The van der Waals surface area contributed by atoms with E-state index in [0.717, 1.165) is 6.07 Å². The lowest BCUT2D eigenvalue weighted by Crippen LogP contribution is -2.50. The molecule has 1 amide bonds. The molecule has 1 fully saturated rings. The Morgan fingerprint density at radius 1 is 1.09 bits per heavy atom. The summed E-state index contributed by atoms with van der Waals surface area (Å²) in [7, 11) is 1.54. The Balaban J connectivity index is 1.40. The molecule has 1 aliphatic heterocycles. The van der Waals surface area contributed by atoms with Gasteiger partial charge in [0, 0.05) is 38.4 Å². The molecule has 0 spiro atoms. The first-order chi connectivity index (χ1) is 16.2. The average Bonchev–Trinajstić information content (AvgIpc) is 2.79. The monoisotopic (exact) mass is 485 g/mol. The summed E-state index contributed by atoms with van der Waals surface area (Å²) in [5.74, 6) is -0.754. The van der Waals surface area contributed by atoms with Crippen LogP contribution < -0.4 is 14.8 Å². The Bertz CT molecular complexity index is 965. The van der Waals surface area contributed by atoms with E-state index in [4.69, 9.17) is 9.47 Å². The lowest BCUT2D eigenvalue weighted by molar-refractivity contribution is -0.140. The van der Waals surface area contributed by atoms with E-state index < -0.39 is 29.6 Å². The minimum atomic E-state index is -4.84. The van der Waals surface area contributed by atoms with Crippen LogP contribution in [0.4, 0.5) is 23.2 Å². The van der Waals surface area contributed by atoms with Gasteiger partial charge in [-0.15, -0.1) is 0 Å². The van der Waals surface area contributed by atoms with E-state index in [0.29, 0.717) is 56.4 Å². The predicted octanol–water partition coefficient (Wildman–Crippen LogP) is 2.85.